The molecule has 1 unspecified atom stereocenters. The van der Waals surface area contributed by atoms with Crippen LogP contribution >= 0.6 is 0 Å². The zero-order valence-electron chi connectivity index (χ0n) is 11.6. The summed E-state index contributed by atoms with van der Waals surface area (Å²) in [6.07, 6.45) is 0.404. The smallest absolute Gasteiger partial charge is 0.123 e. The van der Waals surface area contributed by atoms with Gasteiger partial charge in [0.1, 0.15) is 5.82 Å². The number of rotatable bonds is 3. The van der Waals surface area contributed by atoms with Gasteiger partial charge < -0.3 is 5.11 Å². The highest BCUT2D eigenvalue weighted by molar-refractivity contribution is 5.35. The number of hydrogen-bond acceptors (Lipinski definition) is 1. The summed E-state index contributed by atoms with van der Waals surface area (Å²) in [5, 5.41) is 10.7. The summed E-state index contributed by atoms with van der Waals surface area (Å²) in [6, 6.07) is 12.5. The van der Waals surface area contributed by atoms with E-state index in [-0.39, 0.29) is 5.82 Å². The molecule has 0 bridgehead atoms. The largest absolute Gasteiger partial charge is 0.385 e. The molecule has 0 aliphatic heterocycles. The summed E-state index contributed by atoms with van der Waals surface area (Å²) in [5.74, 6) is -0.263. The number of benzene rings is 2. The average molecular weight is 258 g/mol. The zero-order chi connectivity index (χ0) is 14.0. The molecule has 0 radical (unpaired) electrons. The lowest BCUT2D eigenvalue weighted by molar-refractivity contribution is 0.0567. The molecule has 0 heterocycles. The maximum atomic E-state index is 13.3. The van der Waals surface area contributed by atoms with Crippen LogP contribution in [-0.2, 0) is 12.0 Å². The van der Waals surface area contributed by atoms with Gasteiger partial charge in [-0.1, -0.05) is 30.3 Å². The molecule has 0 amide bonds. The molecule has 19 heavy (non-hydrogen) atoms. The van der Waals surface area contributed by atoms with Crippen molar-refractivity contribution in [1.82, 2.24) is 0 Å². The number of halogens is 1. The quantitative estimate of drug-likeness (QED) is 0.885. The number of hydrogen-bond donors (Lipinski definition) is 1. The van der Waals surface area contributed by atoms with E-state index >= 15 is 0 Å². The molecule has 0 spiro atoms. The molecule has 0 aliphatic rings. The molecule has 1 atom stereocenters. The summed E-state index contributed by atoms with van der Waals surface area (Å²) < 4.78 is 13.3. The van der Waals surface area contributed by atoms with Crippen LogP contribution < -0.4 is 0 Å². The predicted octanol–water partition coefficient (Wildman–Crippen LogP) is 3.89. The van der Waals surface area contributed by atoms with E-state index in [1.54, 1.807) is 13.0 Å². The Bertz CT molecular complexity index is 588. The van der Waals surface area contributed by atoms with E-state index in [1.807, 2.05) is 38.1 Å². The van der Waals surface area contributed by atoms with Crippen LogP contribution in [0.1, 0.15) is 29.2 Å². The van der Waals surface area contributed by atoms with Crippen LogP contribution in [0.15, 0.2) is 42.5 Å². The Labute approximate surface area is 113 Å². The Hall–Kier alpha value is -1.67. The maximum Gasteiger partial charge on any atom is 0.123 e. The van der Waals surface area contributed by atoms with Gasteiger partial charge in [0.25, 0.3) is 0 Å². The lowest BCUT2D eigenvalue weighted by Crippen LogP contribution is -2.25. The van der Waals surface area contributed by atoms with E-state index < -0.39 is 5.60 Å². The van der Waals surface area contributed by atoms with Gasteiger partial charge in [-0.3, -0.25) is 0 Å². The minimum Gasteiger partial charge on any atom is -0.385 e. The van der Waals surface area contributed by atoms with Crippen LogP contribution in [0.5, 0.6) is 0 Å². The highest BCUT2D eigenvalue weighted by atomic mass is 19.1. The fourth-order valence-electron chi connectivity index (χ4n) is 2.47. The van der Waals surface area contributed by atoms with Gasteiger partial charge in [0, 0.05) is 6.42 Å². The molecule has 0 aromatic heterocycles. The maximum absolute atomic E-state index is 13.3. The second-order valence-electron chi connectivity index (χ2n) is 5.34. The minimum atomic E-state index is -0.996. The van der Waals surface area contributed by atoms with Gasteiger partial charge in [-0.15, -0.1) is 0 Å². The summed E-state index contributed by atoms with van der Waals surface area (Å²) >= 11 is 0. The fourth-order valence-corrected chi connectivity index (χ4v) is 2.47. The van der Waals surface area contributed by atoms with Crippen molar-refractivity contribution in [2.75, 3.05) is 0 Å². The fraction of sp³-hybridized carbons (Fsp3) is 0.294. The van der Waals surface area contributed by atoms with E-state index in [9.17, 15) is 9.50 Å². The standard InChI is InChI=1S/C17H19FO/c1-12-8-9-15(18)10-14(12)11-17(3,19)16-7-5-4-6-13(16)2/h4-10,19H,11H2,1-3H3. The predicted molar refractivity (Wildman–Crippen MR) is 75.6 cm³/mol. The second kappa shape index (κ2) is 5.14. The van der Waals surface area contributed by atoms with Crippen molar-refractivity contribution >= 4 is 0 Å². The molecular weight excluding hydrogens is 239 g/mol. The summed E-state index contributed by atoms with van der Waals surface area (Å²) in [4.78, 5) is 0. The first kappa shape index (κ1) is 13.8. The molecule has 0 aliphatic carbocycles. The van der Waals surface area contributed by atoms with Crippen LogP contribution in [0.4, 0.5) is 4.39 Å². The Kier molecular flexibility index (Phi) is 3.72. The molecule has 2 heteroatoms. The Morgan fingerprint density at radius 2 is 1.74 bits per heavy atom. The van der Waals surface area contributed by atoms with Gasteiger partial charge in [-0.2, -0.15) is 0 Å². The molecule has 2 aromatic carbocycles. The average Bonchev–Trinajstić information content (AvgIpc) is 2.34. The van der Waals surface area contributed by atoms with Crippen molar-refractivity contribution in [3.05, 3.63) is 70.5 Å². The van der Waals surface area contributed by atoms with Crippen LogP contribution in [-0.4, -0.2) is 5.11 Å². The van der Waals surface area contributed by atoms with E-state index in [0.717, 1.165) is 22.3 Å². The van der Waals surface area contributed by atoms with Crippen LogP contribution in [0, 0.1) is 19.7 Å². The van der Waals surface area contributed by atoms with E-state index in [2.05, 4.69) is 0 Å². The molecule has 2 rings (SSSR count). The summed E-state index contributed by atoms with van der Waals surface area (Å²) in [6.45, 7) is 5.69. The van der Waals surface area contributed by atoms with Gasteiger partial charge in [0.15, 0.2) is 0 Å². The highest BCUT2D eigenvalue weighted by Gasteiger charge is 2.25. The molecule has 1 N–H and O–H groups in total. The van der Waals surface area contributed by atoms with Crippen molar-refractivity contribution < 1.29 is 9.50 Å². The molecule has 1 nitrogen and oxygen atoms in total. The molecule has 2 aromatic rings. The lowest BCUT2D eigenvalue weighted by atomic mass is 9.85. The lowest BCUT2D eigenvalue weighted by Gasteiger charge is -2.26. The number of aliphatic hydroxyl groups is 1. The monoisotopic (exact) mass is 258 g/mol. The SMILES string of the molecule is Cc1ccc(F)cc1CC(C)(O)c1ccccc1C. The van der Waals surface area contributed by atoms with Gasteiger partial charge in [0.05, 0.1) is 5.60 Å². The van der Waals surface area contributed by atoms with Gasteiger partial charge in [-0.25, -0.2) is 4.39 Å². The number of aryl methyl sites for hydroxylation is 2. The second-order valence-corrected chi connectivity index (χ2v) is 5.34. The van der Waals surface area contributed by atoms with Crippen LogP contribution in [0.2, 0.25) is 0 Å². The molecule has 100 valence electrons. The molecule has 0 saturated heterocycles. The van der Waals surface area contributed by atoms with Gasteiger partial charge >= 0.3 is 0 Å². The molecule has 0 saturated carbocycles. The third kappa shape index (κ3) is 3.02. The third-order valence-corrected chi connectivity index (χ3v) is 3.57. The Balaban J connectivity index is 2.36. The zero-order valence-corrected chi connectivity index (χ0v) is 11.6. The van der Waals surface area contributed by atoms with E-state index in [4.69, 9.17) is 0 Å². The van der Waals surface area contributed by atoms with Gasteiger partial charge in [0.2, 0.25) is 0 Å². The first-order valence-corrected chi connectivity index (χ1v) is 6.44. The first-order valence-electron chi connectivity index (χ1n) is 6.44. The summed E-state index contributed by atoms with van der Waals surface area (Å²) in [5.41, 5.74) is 2.77. The topological polar surface area (TPSA) is 20.2 Å². The van der Waals surface area contributed by atoms with Crippen molar-refractivity contribution in [1.29, 1.82) is 0 Å². The van der Waals surface area contributed by atoms with Crippen molar-refractivity contribution in [2.24, 2.45) is 0 Å². The van der Waals surface area contributed by atoms with Crippen molar-refractivity contribution in [3.8, 4) is 0 Å². The first-order chi connectivity index (χ1) is 8.90. The highest BCUT2D eigenvalue weighted by Crippen LogP contribution is 2.29. The Morgan fingerprint density at radius 3 is 2.42 bits per heavy atom. The summed E-state index contributed by atoms with van der Waals surface area (Å²) in [7, 11) is 0. The van der Waals surface area contributed by atoms with Crippen LogP contribution in [0.3, 0.4) is 0 Å². The van der Waals surface area contributed by atoms with E-state index in [0.29, 0.717) is 6.42 Å². The van der Waals surface area contributed by atoms with E-state index in [1.165, 1.54) is 12.1 Å². The normalized spacial score (nSPS) is 14.2. The minimum absolute atomic E-state index is 0.263. The molecular formula is C17H19FO. The Morgan fingerprint density at radius 1 is 1.05 bits per heavy atom. The molecule has 0 fully saturated rings. The van der Waals surface area contributed by atoms with Gasteiger partial charge in [-0.05, 0) is 55.2 Å². The van der Waals surface area contributed by atoms with Crippen LogP contribution in [0.25, 0.3) is 0 Å². The van der Waals surface area contributed by atoms with Crippen molar-refractivity contribution in [2.45, 2.75) is 32.8 Å². The third-order valence-electron chi connectivity index (χ3n) is 3.57. The van der Waals surface area contributed by atoms with Crippen molar-refractivity contribution in [3.63, 3.8) is 0 Å².